The highest BCUT2D eigenvalue weighted by atomic mass is 35.5. The van der Waals surface area contributed by atoms with Gasteiger partial charge >= 0.3 is 5.69 Å². The zero-order chi connectivity index (χ0) is 22.4. The van der Waals surface area contributed by atoms with Crippen molar-refractivity contribution in [1.82, 2.24) is 18.7 Å². The summed E-state index contributed by atoms with van der Waals surface area (Å²) >= 11 is 6.32. The van der Waals surface area contributed by atoms with Gasteiger partial charge in [0.1, 0.15) is 0 Å². The number of imidazole rings is 1. The topological polar surface area (TPSA) is 65.1 Å². The molecule has 0 saturated carbocycles. The summed E-state index contributed by atoms with van der Waals surface area (Å²) < 4.78 is 4.60. The van der Waals surface area contributed by atoms with Crippen LogP contribution in [0.2, 0.25) is 5.02 Å². The largest absolute Gasteiger partial charge is 0.332 e. The SMILES string of the molecule is Cc1c(Cl)cccc1N1CCn2c1nc1c2c(=O)n(C/C=C/c2ccccc2)c(=O)n1C. The summed E-state index contributed by atoms with van der Waals surface area (Å²) in [6, 6.07) is 15.5. The summed E-state index contributed by atoms with van der Waals surface area (Å²) in [4.78, 5) is 33.0. The van der Waals surface area contributed by atoms with Crippen molar-refractivity contribution >= 4 is 40.5 Å². The zero-order valence-corrected chi connectivity index (χ0v) is 18.6. The molecule has 2 aromatic carbocycles. The molecule has 8 heteroatoms. The molecule has 0 aliphatic carbocycles. The van der Waals surface area contributed by atoms with Crippen LogP contribution in [0.3, 0.4) is 0 Å². The molecular weight excluding hydrogens is 426 g/mol. The molecule has 0 unspecified atom stereocenters. The predicted octanol–water partition coefficient (Wildman–Crippen LogP) is 3.72. The van der Waals surface area contributed by atoms with E-state index in [2.05, 4.69) is 4.98 Å². The molecule has 0 atom stereocenters. The molecule has 5 rings (SSSR count). The molecule has 0 amide bonds. The van der Waals surface area contributed by atoms with Gasteiger partial charge in [-0.1, -0.05) is 60.2 Å². The lowest BCUT2D eigenvalue weighted by atomic mass is 10.2. The van der Waals surface area contributed by atoms with E-state index in [9.17, 15) is 9.59 Å². The van der Waals surface area contributed by atoms with E-state index < -0.39 is 0 Å². The lowest BCUT2D eigenvalue weighted by Gasteiger charge is -2.19. The van der Waals surface area contributed by atoms with E-state index >= 15 is 0 Å². The van der Waals surface area contributed by atoms with Gasteiger partial charge in [0, 0.05) is 37.4 Å². The van der Waals surface area contributed by atoms with Gasteiger partial charge in [-0.3, -0.25) is 13.9 Å². The highest BCUT2D eigenvalue weighted by molar-refractivity contribution is 6.31. The molecule has 0 radical (unpaired) electrons. The first-order valence-electron chi connectivity index (χ1n) is 10.4. The van der Waals surface area contributed by atoms with E-state index in [1.807, 2.05) is 77.1 Å². The van der Waals surface area contributed by atoms with Crippen LogP contribution in [-0.4, -0.2) is 25.2 Å². The molecule has 1 aliphatic rings. The molecule has 3 heterocycles. The Hall–Kier alpha value is -3.58. The zero-order valence-electron chi connectivity index (χ0n) is 17.8. The highest BCUT2D eigenvalue weighted by Gasteiger charge is 2.29. The van der Waals surface area contributed by atoms with Gasteiger partial charge in [0.15, 0.2) is 11.2 Å². The minimum Gasteiger partial charge on any atom is -0.310 e. The summed E-state index contributed by atoms with van der Waals surface area (Å²) in [6.45, 7) is 3.43. The fourth-order valence-corrected chi connectivity index (χ4v) is 4.38. The van der Waals surface area contributed by atoms with E-state index in [0.29, 0.717) is 35.2 Å². The lowest BCUT2D eigenvalue weighted by Crippen LogP contribution is -2.39. The third-order valence-corrected chi connectivity index (χ3v) is 6.34. The Morgan fingerprint density at radius 1 is 1.06 bits per heavy atom. The monoisotopic (exact) mass is 447 g/mol. The number of hydrogen-bond donors (Lipinski definition) is 0. The molecular formula is C24H22ClN5O2. The summed E-state index contributed by atoms with van der Waals surface area (Å²) in [5, 5.41) is 0.678. The van der Waals surface area contributed by atoms with Crippen molar-refractivity contribution in [3.05, 3.63) is 91.6 Å². The number of anilines is 2. The third kappa shape index (κ3) is 3.17. The summed E-state index contributed by atoms with van der Waals surface area (Å²) in [7, 11) is 1.65. The summed E-state index contributed by atoms with van der Waals surface area (Å²) in [5.41, 5.74) is 3.03. The van der Waals surface area contributed by atoms with Gasteiger partial charge in [0.25, 0.3) is 5.56 Å². The van der Waals surface area contributed by atoms with Crippen LogP contribution < -0.4 is 16.1 Å². The van der Waals surface area contributed by atoms with Crippen LogP contribution >= 0.6 is 11.6 Å². The first-order chi connectivity index (χ1) is 15.5. The van der Waals surface area contributed by atoms with Crippen LogP contribution in [0.15, 0.2) is 64.2 Å². The Bertz CT molecular complexity index is 1480. The van der Waals surface area contributed by atoms with Crippen LogP contribution in [0.1, 0.15) is 11.1 Å². The minimum atomic E-state index is -0.387. The van der Waals surface area contributed by atoms with Gasteiger partial charge < -0.3 is 9.47 Å². The normalized spacial score (nSPS) is 13.4. The lowest BCUT2D eigenvalue weighted by molar-refractivity contribution is 0.663. The molecule has 0 spiro atoms. The smallest absolute Gasteiger partial charge is 0.310 e. The van der Waals surface area contributed by atoms with Crippen molar-refractivity contribution in [2.75, 3.05) is 11.4 Å². The van der Waals surface area contributed by atoms with Gasteiger partial charge in [-0.15, -0.1) is 0 Å². The van der Waals surface area contributed by atoms with Crippen molar-refractivity contribution in [2.45, 2.75) is 20.0 Å². The Morgan fingerprint density at radius 2 is 1.84 bits per heavy atom. The molecule has 4 aromatic rings. The van der Waals surface area contributed by atoms with Crippen molar-refractivity contribution in [1.29, 1.82) is 0 Å². The molecule has 162 valence electrons. The van der Waals surface area contributed by atoms with Gasteiger partial charge in [0.05, 0.1) is 0 Å². The standard InChI is InChI=1S/C24H22ClN5O2/c1-16-18(25)11-6-12-19(16)28-14-15-29-20-21(26-23(28)29)27(2)24(32)30(22(20)31)13-7-10-17-8-4-3-5-9-17/h3-12H,13-15H2,1-2H3/b10-7+. The fraction of sp³-hybridized carbons (Fsp3) is 0.208. The summed E-state index contributed by atoms with van der Waals surface area (Å²) in [5.74, 6) is 0.648. The molecule has 1 aliphatic heterocycles. The Labute approximate surface area is 189 Å². The quantitative estimate of drug-likeness (QED) is 0.478. The van der Waals surface area contributed by atoms with E-state index in [4.69, 9.17) is 11.6 Å². The van der Waals surface area contributed by atoms with Crippen LogP contribution in [0, 0.1) is 6.92 Å². The van der Waals surface area contributed by atoms with Gasteiger partial charge in [-0.05, 0) is 30.2 Å². The predicted molar refractivity (Wildman–Crippen MR) is 128 cm³/mol. The molecule has 0 N–H and O–H groups in total. The maximum Gasteiger partial charge on any atom is 0.332 e. The first kappa shape index (κ1) is 20.3. The molecule has 2 aromatic heterocycles. The Kier molecular flexibility index (Phi) is 4.98. The molecule has 0 saturated heterocycles. The molecule has 32 heavy (non-hydrogen) atoms. The second-order valence-electron chi connectivity index (χ2n) is 7.84. The average molecular weight is 448 g/mol. The third-order valence-electron chi connectivity index (χ3n) is 5.93. The van der Waals surface area contributed by atoms with Crippen molar-refractivity contribution < 1.29 is 0 Å². The Morgan fingerprint density at radius 3 is 2.62 bits per heavy atom. The fourth-order valence-electron chi connectivity index (χ4n) is 4.21. The number of benzene rings is 2. The molecule has 0 bridgehead atoms. The molecule has 0 fully saturated rings. The van der Waals surface area contributed by atoms with Crippen molar-refractivity contribution in [3.8, 4) is 0 Å². The second-order valence-corrected chi connectivity index (χ2v) is 8.25. The number of aromatic nitrogens is 4. The van der Waals surface area contributed by atoms with Gasteiger partial charge in [0.2, 0.25) is 5.95 Å². The van der Waals surface area contributed by atoms with E-state index in [-0.39, 0.29) is 17.8 Å². The number of allylic oxidation sites excluding steroid dienone is 1. The average Bonchev–Trinajstić information content (AvgIpc) is 3.37. The maximum atomic E-state index is 13.3. The van der Waals surface area contributed by atoms with Gasteiger partial charge in [-0.2, -0.15) is 4.98 Å². The van der Waals surface area contributed by atoms with Crippen LogP contribution in [0.5, 0.6) is 0 Å². The number of halogens is 1. The number of aryl methyl sites for hydroxylation is 1. The minimum absolute atomic E-state index is 0.188. The molecule has 7 nitrogen and oxygen atoms in total. The summed E-state index contributed by atoms with van der Waals surface area (Å²) in [6.07, 6.45) is 3.73. The number of fused-ring (bicyclic) bond motifs is 3. The first-order valence-corrected chi connectivity index (χ1v) is 10.8. The second kappa shape index (κ2) is 7.84. The van der Waals surface area contributed by atoms with Gasteiger partial charge in [-0.25, -0.2) is 4.79 Å². The van der Waals surface area contributed by atoms with Crippen LogP contribution in [0.4, 0.5) is 11.6 Å². The maximum absolute atomic E-state index is 13.3. The Balaban J connectivity index is 1.60. The van der Waals surface area contributed by atoms with Crippen molar-refractivity contribution in [2.24, 2.45) is 7.05 Å². The van der Waals surface area contributed by atoms with E-state index in [0.717, 1.165) is 16.8 Å². The number of hydrogen-bond acceptors (Lipinski definition) is 4. The number of rotatable bonds is 4. The van der Waals surface area contributed by atoms with E-state index in [1.165, 1.54) is 9.13 Å². The van der Waals surface area contributed by atoms with Crippen molar-refractivity contribution in [3.63, 3.8) is 0 Å². The van der Waals surface area contributed by atoms with Crippen LogP contribution in [0.25, 0.3) is 17.2 Å². The highest BCUT2D eigenvalue weighted by Crippen LogP contribution is 2.35. The van der Waals surface area contributed by atoms with Crippen LogP contribution in [-0.2, 0) is 20.1 Å². The number of nitrogens with zero attached hydrogens (tertiary/aromatic N) is 5. The van der Waals surface area contributed by atoms with E-state index in [1.54, 1.807) is 7.05 Å².